The average Bonchev–Trinajstić information content (AvgIpc) is 2.53. The van der Waals surface area contributed by atoms with Gasteiger partial charge in [-0.1, -0.05) is 17.7 Å². The van der Waals surface area contributed by atoms with E-state index in [-0.39, 0.29) is 18.1 Å². The molecule has 2 aromatic rings. The van der Waals surface area contributed by atoms with Gasteiger partial charge in [-0.3, -0.25) is 4.18 Å². The second kappa shape index (κ2) is 5.94. The fourth-order valence-corrected chi connectivity index (χ4v) is 2.91. The first-order chi connectivity index (χ1) is 10.5. The van der Waals surface area contributed by atoms with Crippen LogP contribution in [0.4, 0.5) is 0 Å². The summed E-state index contributed by atoms with van der Waals surface area (Å²) in [5, 5.41) is 0. The van der Waals surface area contributed by atoms with E-state index in [0.717, 1.165) is 5.56 Å². The largest absolute Gasteiger partial charge is 0.484 e. The molecule has 116 valence electrons. The van der Waals surface area contributed by atoms with Crippen molar-refractivity contribution in [3.63, 3.8) is 0 Å². The number of rotatable bonds is 4. The molecule has 0 fully saturated rings. The molecule has 0 bridgehead atoms. The van der Waals surface area contributed by atoms with Gasteiger partial charge >= 0.3 is 0 Å². The van der Waals surface area contributed by atoms with Crippen molar-refractivity contribution in [1.29, 1.82) is 0 Å². The van der Waals surface area contributed by atoms with Crippen LogP contribution in [0.2, 0.25) is 0 Å². The first kappa shape index (κ1) is 14.8. The lowest BCUT2D eigenvalue weighted by Gasteiger charge is -2.24. The Morgan fingerprint density at radius 2 is 2.05 bits per heavy atom. The monoisotopic (exact) mass is 321 g/mol. The second-order valence-corrected chi connectivity index (χ2v) is 6.52. The number of aromatic nitrogens is 1. The molecule has 1 aromatic heterocycles. The number of pyridine rings is 1. The van der Waals surface area contributed by atoms with Crippen LogP contribution in [0.3, 0.4) is 0 Å². The summed E-state index contributed by atoms with van der Waals surface area (Å²) < 4.78 is 40.3. The van der Waals surface area contributed by atoms with E-state index in [1.54, 1.807) is 30.5 Å². The molecule has 0 saturated heterocycles. The van der Waals surface area contributed by atoms with E-state index in [0.29, 0.717) is 11.6 Å². The van der Waals surface area contributed by atoms with Crippen LogP contribution in [0.15, 0.2) is 47.5 Å². The number of ether oxygens (including phenoxy) is 2. The highest BCUT2D eigenvalue weighted by Gasteiger charge is 2.25. The van der Waals surface area contributed by atoms with Gasteiger partial charge in [0.05, 0.1) is 4.90 Å². The van der Waals surface area contributed by atoms with Crippen molar-refractivity contribution in [2.45, 2.75) is 17.9 Å². The third-order valence-electron chi connectivity index (χ3n) is 3.16. The van der Waals surface area contributed by atoms with Crippen molar-refractivity contribution in [3.05, 3.63) is 48.2 Å². The highest BCUT2D eigenvalue weighted by molar-refractivity contribution is 7.86. The van der Waals surface area contributed by atoms with Crippen molar-refractivity contribution in [3.8, 4) is 11.6 Å². The van der Waals surface area contributed by atoms with Gasteiger partial charge < -0.3 is 9.47 Å². The quantitative estimate of drug-likeness (QED) is 0.801. The van der Waals surface area contributed by atoms with Gasteiger partial charge in [-0.2, -0.15) is 8.42 Å². The summed E-state index contributed by atoms with van der Waals surface area (Å²) in [6, 6.07) is 9.94. The third-order valence-corrected chi connectivity index (χ3v) is 4.45. The smallest absolute Gasteiger partial charge is 0.297 e. The maximum absolute atomic E-state index is 12.1. The highest BCUT2D eigenvalue weighted by atomic mass is 32.2. The number of benzene rings is 1. The Bertz CT molecular complexity index is 758. The zero-order valence-electron chi connectivity index (χ0n) is 11.9. The minimum atomic E-state index is -3.81. The lowest BCUT2D eigenvalue weighted by Crippen LogP contribution is -2.34. The predicted octanol–water partition coefficient (Wildman–Crippen LogP) is 1.94. The predicted molar refractivity (Wildman–Crippen MR) is 78.5 cm³/mol. The topological polar surface area (TPSA) is 74.7 Å². The Hall–Kier alpha value is -2.12. The lowest BCUT2D eigenvalue weighted by atomic mass is 10.2. The maximum Gasteiger partial charge on any atom is 0.297 e. The van der Waals surface area contributed by atoms with Crippen molar-refractivity contribution in [1.82, 2.24) is 4.98 Å². The summed E-state index contributed by atoms with van der Waals surface area (Å²) in [4.78, 5) is 4.15. The Balaban J connectivity index is 1.64. The molecule has 1 atom stereocenters. The molecule has 1 aliphatic rings. The highest BCUT2D eigenvalue weighted by Crippen LogP contribution is 2.28. The molecule has 0 radical (unpaired) electrons. The van der Waals surface area contributed by atoms with Gasteiger partial charge in [0.1, 0.15) is 13.2 Å². The molecule has 1 aliphatic heterocycles. The summed E-state index contributed by atoms with van der Waals surface area (Å²) in [5.74, 6) is 0.884. The minimum Gasteiger partial charge on any atom is -0.484 e. The molecule has 22 heavy (non-hydrogen) atoms. The minimum absolute atomic E-state index is 0.119. The van der Waals surface area contributed by atoms with E-state index in [1.807, 2.05) is 6.92 Å². The first-order valence-corrected chi connectivity index (χ1v) is 8.16. The van der Waals surface area contributed by atoms with Crippen LogP contribution in [0.5, 0.6) is 11.6 Å². The zero-order chi connectivity index (χ0) is 15.6. The van der Waals surface area contributed by atoms with E-state index in [2.05, 4.69) is 4.98 Å². The van der Waals surface area contributed by atoms with E-state index < -0.39 is 16.2 Å². The summed E-state index contributed by atoms with van der Waals surface area (Å²) in [5.41, 5.74) is 0.977. The van der Waals surface area contributed by atoms with Gasteiger partial charge in [0, 0.05) is 6.20 Å². The van der Waals surface area contributed by atoms with Crippen molar-refractivity contribution >= 4 is 10.1 Å². The van der Waals surface area contributed by atoms with E-state index in [1.165, 1.54) is 12.1 Å². The Morgan fingerprint density at radius 1 is 1.27 bits per heavy atom. The third kappa shape index (κ3) is 3.20. The summed E-state index contributed by atoms with van der Waals surface area (Å²) >= 11 is 0. The molecule has 0 spiro atoms. The van der Waals surface area contributed by atoms with Crippen LogP contribution in [0.25, 0.3) is 0 Å². The lowest BCUT2D eigenvalue weighted by molar-refractivity contribution is 0.0507. The number of hydrogen-bond acceptors (Lipinski definition) is 6. The molecule has 0 aliphatic carbocycles. The summed E-state index contributed by atoms with van der Waals surface area (Å²) in [6.45, 7) is 1.96. The molecule has 0 N–H and O–H groups in total. The molecular weight excluding hydrogens is 306 g/mol. The van der Waals surface area contributed by atoms with Crippen LogP contribution in [0, 0.1) is 6.92 Å². The Kier molecular flexibility index (Phi) is 4.00. The number of hydrogen-bond donors (Lipinski definition) is 0. The first-order valence-electron chi connectivity index (χ1n) is 6.75. The standard InChI is InChI=1S/C15H15NO5S/c1-11-4-6-13(7-5-11)22(17,18)20-10-12-9-19-14-3-2-8-16-15(14)21-12/h2-8,12H,9-10H2,1H3. The number of aryl methyl sites for hydroxylation is 1. The molecule has 1 aromatic carbocycles. The van der Waals surface area contributed by atoms with Gasteiger partial charge in [-0.25, -0.2) is 4.98 Å². The van der Waals surface area contributed by atoms with E-state index in [4.69, 9.17) is 13.7 Å². The normalized spacial score (nSPS) is 17.2. The summed E-state index contributed by atoms with van der Waals surface area (Å²) in [6.07, 6.45) is 1.05. The SMILES string of the molecule is Cc1ccc(S(=O)(=O)OCC2COc3cccnc3O2)cc1. The van der Waals surface area contributed by atoms with Gasteiger partial charge in [0.2, 0.25) is 0 Å². The molecule has 2 heterocycles. The van der Waals surface area contributed by atoms with Crippen molar-refractivity contribution < 1.29 is 22.1 Å². The van der Waals surface area contributed by atoms with Gasteiger partial charge in [-0.15, -0.1) is 0 Å². The van der Waals surface area contributed by atoms with Crippen LogP contribution in [-0.2, 0) is 14.3 Å². The maximum atomic E-state index is 12.1. The average molecular weight is 321 g/mol. The zero-order valence-corrected chi connectivity index (χ0v) is 12.7. The van der Waals surface area contributed by atoms with Crippen molar-refractivity contribution in [2.24, 2.45) is 0 Å². The molecular formula is C15H15NO5S. The van der Waals surface area contributed by atoms with Crippen molar-refractivity contribution in [2.75, 3.05) is 13.2 Å². The van der Waals surface area contributed by atoms with Crippen LogP contribution in [-0.4, -0.2) is 32.7 Å². The van der Waals surface area contributed by atoms with Crippen LogP contribution in [0.1, 0.15) is 5.56 Å². The Morgan fingerprint density at radius 3 is 2.82 bits per heavy atom. The fourth-order valence-electron chi connectivity index (χ4n) is 1.97. The fraction of sp³-hybridized carbons (Fsp3) is 0.267. The molecule has 1 unspecified atom stereocenters. The van der Waals surface area contributed by atoms with E-state index >= 15 is 0 Å². The molecule has 0 amide bonds. The molecule has 0 saturated carbocycles. The molecule has 3 rings (SSSR count). The second-order valence-electron chi connectivity index (χ2n) is 4.91. The van der Waals surface area contributed by atoms with Crippen LogP contribution < -0.4 is 9.47 Å². The van der Waals surface area contributed by atoms with Crippen LogP contribution >= 0.6 is 0 Å². The number of nitrogens with zero attached hydrogens (tertiary/aromatic N) is 1. The van der Waals surface area contributed by atoms with Gasteiger partial charge in [0.25, 0.3) is 16.0 Å². The van der Waals surface area contributed by atoms with E-state index in [9.17, 15) is 8.42 Å². The number of fused-ring (bicyclic) bond motifs is 1. The van der Waals surface area contributed by atoms with Gasteiger partial charge in [-0.05, 0) is 31.2 Å². The molecule has 6 nitrogen and oxygen atoms in total. The van der Waals surface area contributed by atoms with Gasteiger partial charge in [0.15, 0.2) is 11.9 Å². The molecule has 7 heteroatoms. The Labute approximate surface area is 128 Å². The summed E-state index contributed by atoms with van der Waals surface area (Å²) in [7, 11) is -3.81.